The van der Waals surface area contributed by atoms with Gasteiger partial charge in [0.05, 0.1) is 18.1 Å². The molecule has 10 heteroatoms. The molecule has 31 heavy (non-hydrogen) atoms. The van der Waals surface area contributed by atoms with Crippen LogP contribution in [0.2, 0.25) is 0 Å². The number of hydrogen-bond donors (Lipinski definition) is 4. The van der Waals surface area contributed by atoms with Gasteiger partial charge in [-0.1, -0.05) is 6.92 Å². The molecule has 3 fully saturated rings. The highest BCUT2D eigenvalue weighted by Crippen LogP contribution is 2.51. The number of carboxylic acid groups (broad SMARTS) is 1. The van der Waals surface area contributed by atoms with Crippen LogP contribution >= 0.6 is 11.8 Å². The smallest absolute Gasteiger partial charge is 0.353 e. The SMILES string of the molecule is C[C@@H](O)[C@H]1C(=O)N2C(C(=O)O)=C(S[C@@H]3CCN(CC4CCN(C(=N)N)CC4)C3)[C@H](C)[C@H]12. The maximum Gasteiger partial charge on any atom is 0.353 e. The molecule has 0 aliphatic carbocycles. The number of nitrogens with two attached hydrogens (primary N) is 1. The van der Waals surface area contributed by atoms with Crippen LogP contribution in [0, 0.1) is 23.2 Å². The van der Waals surface area contributed by atoms with Crippen molar-refractivity contribution in [1.29, 1.82) is 5.41 Å². The van der Waals surface area contributed by atoms with Crippen molar-refractivity contribution in [3.05, 3.63) is 10.6 Å². The van der Waals surface area contributed by atoms with Crippen molar-refractivity contribution in [2.45, 2.75) is 50.5 Å². The number of β-lactam (4-membered cyclic amide) rings is 1. The number of carbonyl (C=O) groups is 2. The molecule has 9 nitrogen and oxygen atoms in total. The van der Waals surface area contributed by atoms with Gasteiger partial charge in [-0.15, -0.1) is 11.8 Å². The van der Waals surface area contributed by atoms with Crippen LogP contribution in [0.1, 0.15) is 33.1 Å². The summed E-state index contributed by atoms with van der Waals surface area (Å²) in [6.07, 6.45) is 2.31. The average molecular weight is 452 g/mol. The van der Waals surface area contributed by atoms with Crippen LogP contribution in [-0.2, 0) is 9.59 Å². The molecule has 5 N–H and O–H groups in total. The number of carbonyl (C=O) groups excluding carboxylic acids is 1. The number of likely N-dealkylation sites (tertiary alicyclic amines) is 2. The minimum Gasteiger partial charge on any atom is -0.477 e. The maximum absolute atomic E-state index is 12.5. The Balaban J connectivity index is 1.36. The molecule has 0 aromatic heterocycles. The van der Waals surface area contributed by atoms with E-state index >= 15 is 0 Å². The van der Waals surface area contributed by atoms with Gasteiger partial charge in [-0.05, 0) is 38.6 Å². The van der Waals surface area contributed by atoms with E-state index in [1.165, 1.54) is 4.90 Å². The number of piperidine rings is 1. The van der Waals surface area contributed by atoms with Crippen LogP contribution in [0.5, 0.6) is 0 Å². The lowest BCUT2D eigenvalue weighted by molar-refractivity contribution is -0.163. The third-order valence-corrected chi connectivity index (χ3v) is 8.84. The Kier molecular flexibility index (Phi) is 6.24. The first-order valence-corrected chi connectivity index (χ1v) is 12.0. The number of nitrogens with one attached hydrogen (secondary N) is 1. The van der Waals surface area contributed by atoms with Crippen molar-refractivity contribution in [2.75, 3.05) is 32.7 Å². The normalized spacial score (nSPS) is 32.9. The molecule has 0 saturated carbocycles. The summed E-state index contributed by atoms with van der Waals surface area (Å²) in [6, 6.07) is -0.245. The number of thioether (sulfide) groups is 1. The molecule has 172 valence electrons. The molecule has 0 unspecified atom stereocenters. The van der Waals surface area contributed by atoms with Crippen molar-refractivity contribution in [3.63, 3.8) is 0 Å². The van der Waals surface area contributed by atoms with Crippen LogP contribution in [0.4, 0.5) is 0 Å². The van der Waals surface area contributed by atoms with Gasteiger partial charge in [0.15, 0.2) is 5.96 Å². The number of carboxylic acids is 1. The number of rotatable bonds is 6. The zero-order chi connectivity index (χ0) is 22.4. The Labute approximate surface area is 187 Å². The standard InChI is InChI=1S/C21H33N5O4S/c1-11-16-15(12(2)27)19(28)26(16)17(20(29)30)18(11)31-14-5-6-24(10-14)9-13-3-7-25(8-4-13)21(22)23/h11-16,27H,3-10H2,1-2H3,(H3,22,23)(H,29,30)/t11-,12-,14-,15-,16-/m1/s1. The van der Waals surface area contributed by atoms with Gasteiger partial charge in [-0.3, -0.25) is 10.2 Å². The summed E-state index contributed by atoms with van der Waals surface area (Å²) in [4.78, 5) is 31.1. The number of amides is 1. The number of aliphatic hydroxyl groups is 1. The average Bonchev–Trinajstić information content (AvgIpc) is 3.23. The third kappa shape index (κ3) is 4.05. The Morgan fingerprint density at radius 2 is 1.97 bits per heavy atom. The minimum absolute atomic E-state index is 0.0710. The first-order valence-electron chi connectivity index (χ1n) is 11.2. The lowest BCUT2D eigenvalue weighted by Crippen LogP contribution is -2.63. The van der Waals surface area contributed by atoms with Crippen LogP contribution in [-0.4, -0.2) is 92.9 Å². The highest BCUT2D eigenvalue weighted by atomic mass is 32.2. The number of fused-ring (bicyclic) bond motifs is 1. The molecule has 0 radical (unpaired) electrons. The van der Waals surface area contributed by atoms with Crippen LogP contribution in [0.25, 0.3) is 0 Å². The molecule has 4 aliphatic rings. The predicted octanol–water partition coefficient (Wildman–Crippen LogP) is 0.553. The van der Waals surface area contributed by atoms with Gasteiger partial charge in [-0.25, -0.2) is 4.79 Å². The molecule has 0 aromatic rings. The summed E-state index contributed by atoms with van der Waals surface area (Å²) >= 11 is 1.62. The van der Waals surface area contributed by atoms with Crippen LogP contribution in [0.15, 0.2) is 10.6 Å². The molecule has 1 amide bonds. The number of guanidine groups is 1. The Bertz CT molecular complexity index is 795. The second-order valence-electron chi connectivity index (χ2n) is 9.38. The van der Waals surface area contributed by atoms with E-state index in [-0.39, 0.29) is 29.5 Å². The van der Waals surface area contributed by atoms with Crippen LogP contribution < -0.4 is 5.73 Å². The van der Waals surface area contributed by atoms with E-state index in [1.54, 1.807) is 18.7 Å². The van der Waals surface area contributed by atoms with Gasteiger partial charge in [0.25, 0.3) is 0 Å². The molecule has 4 aliphatic heterocycles. The lowest BCUT2D eigenvalue weighted by atomic mass is 9.79. The summed E-state index contributed by atoms with van der Waals surface area (Å²) < 4.78 is 0. The quantitative estimate of drug-likeness (QED) is 0.261. The Morgan fingerprint density at radius 3 is 2.55 bits per heavy atom. The third-order valence-electron chi connectivity index (χ3n) is 7.31. The summed E-state index contributed by atoms with van der Waals surface area (Å²) in [5.74, 6) is -1.15. The number of nitrogens with zero attached hydrogens (tertiary/aromatic N) is 3. The van der Waals surface area contributed by atoms with E-state index in [0.717, 1.165) is 56.9 Å². The summed E-state index contributed by atoms with van der Waals surface area (Å²) in [5, 5.41) is 27.7. The van der Waals surface area contributed by atoms with E-state index in [2.05, 4.69) is 4.90 Å². The van der Waals surface area contributed by atoms with E-state index < -0.39 is 18.0 Å². The zero-order valence-corrected chi connectivity index (χ0v) is 19.0. The van der Waals surface area contributed by atoms with Gasteiger partial charge in [0.1, 0.15) is 5.70 Å². The summed E-state index contributed by atoms with van der Waals surface area (Å²) in [6.45, 7) is 8.21. The molecule has 0 spiro atoms. The fraction of sp³-hybridized carbons (Fsp3) is 0.762. The summed E-state index contributed by atoms with van der Waals surface area (Å²) in [5.41, 5.74) is 5.71. The Hall–Kier alpha value is -1.78. The highest BCUT2D eigenvalue weighted by molar-refractivity contribution is 8.03. The molecule has 0 aromatic carbocycles. The topological polar surface area (TPSA) is 134 Å². The number of aliphatic carboxylic acids is 1. The van der Waals surface area contributed by atoms with E-state index in [9.17, 15) is 19.8 Å². The monoisotopic (exact) mass is 451 g/mol. The number of aliphatic hydroxyl groups excluding tert-OH is 1. The van der Waals surface area contributed by atoms with E-state index in [0.29, 0.717) is 11.2 Å². The second kappa shape index (κ2) is 8.63. The van der Waals surface area contributed by atoms with Crippen molar-refractivity contribution in [1.82, 2.24) is 14.7 Å². The van der Waals surface area contributed by atoms with E-state index in [4.69, 9.17) is 11.1 Å². The van der Waals surface area contributed by atoms with E-state index in [1.807, 2.05) is 11.8 Å². The van der Waals surface area contributed by atoms with Crippen molar-refractivity contribution in [2.24, 2.45) is 23.5 Å². The first-order chi connectivity index (χ1) is 14.7. The van der Waals surface area contributed by atoms with Crippen LogP contribution in [0.3, 0.4) is 0 Å². The largest absolute Gasteiger partial charge is 0.477 e. The molecule has 3 saturated heterocycles. The molecular weight excluding hydrogens is 418 g/mol. The maximum atomic E-state index is 12.5. The fourth-order valence-corrected chi connectivity index (χ4v) is 7.16. The molecule has 4 rings (SSSR count). The highest BCUT2D eigenvalue weighted by Gasteiger charge is 2.60. The molecule has 5 atom stereocenters. The fourth-order valence-electron chi connectivity index (χ4n) is 5.64. The van der Waals surface area contributed by atoms with Crippen molar-refractivity contribution < 1.29 is 19.8 Å². The zero-order valence-electron chi connectivity index (χ0n) is 18.2. The number of hydrogen-bond acceptors (Lipinski definition) is 6. The second-order valence-corrected chi connectivity index (χ2v) is 10.7. The van der Waals surface area contributed by atoms with Gasteiger partial charge < -0.3 is 30.6 Å². The van der Waals surface area contributed by atoms with Gasteiger partial charge >= 0.3 is 5.97 Å². The molecule has 4 heterocycles. The van der Waals surface area contributed by atoms with Gasteiger partial charge in [-0.2, -0.15) is 0 Å². The predicted molar refractivity (Wildman–Crippen MR) is 118 cm³/mol. The van der Waals surface area contributed by atoms with Gasteiger partial charge in [0.2, 0.25) is 5.91 Å². The first kappa shape index (κ1) is 22.4. The minimum atomic E-state index is -1.05. The van der Waals surface area contributed by atoms with Crippen molar-refractivity contribution in [3.8, 4) is 0 Å². The summed E-state index contributed by atoms with van der Waals surface area (Å²) in [7, 11) is 0. The molecule has 0 bridgehead atoms. The molecular formula is C21H33N5O4S. The Morgan fingerprint density at radius 1 is 1.29 bits per heavy atom. The van der Waals surface area contributed by atoms with Crippen molar-refractivity contribution >= 4 is 29.6 Å². The van der Waals surface area contributed by atoms with Gasteiger partial charge in [0, 0.05) is 42.3 Å². The lowest BCUT2D eigenvalue weighted by Gasteiger charge is -2.46.